The minimum atomic E-state index is -5.00. The number of halogens is 4. The number of hydrogen-bond donors (Lipinski definition) is 2. The summed E-state index contributed by atoms with van der Waals surface area (Å²) in [7, 11) is 1.71. The number of aromatic nitrogens is 2. The highest BCUT2D eigenvalue weighted by atomic mass is 19.4. The van der Waals surface area contributed by atoms with Crippen LogP contribution in [0.2, 0.25) is 0 Å². The van der Waals surface area contributed by atoms with E-state index in [1.54, 1.807) is 17.0 Å². The van der Waals surface area contributed by atoms with Gasteiger partial charge < -0.3 is 11.1 Å². The summed E-state index contributed by atoms with van der Waals surface area (Å²) < 4.78 is 52.5. The van der Waals surface area contributed by atoms with Gasteiger partial charge in [0.1, 0.15) is 6.17 Å². The van der Waals surface area contributed by atoms with Gasteiger partial charge in [0, 0.05) is 13.0 Å². The minimum absolute atomic E-state index is 0.0676. The van der Waals surface area contributed by atoms with Crippen molar-refractivity contribution in [2.24, 2.45) is 7.05 Å². The molecule has 1 aliphatic rings. The largest absolute Gasteiger partial charge is 0.471 e. The second-order valence-corrected chi connectivity index (χ2v) is 5.55. The molecule has 1 fully saturated rings. The highest BCUT2D eigenvalue weighted by molar-refractivity contribution is 5.82. The first-order valence-electron chi connectivity index (χ1n) is 6.99. The summed E-state index contributed by atoms with van der Waals surface area (Å²) in [4.78, 5) is 11.0. The lowest BCUT2D eigenvalue weighted by molar-refractivity contribution is -0.174. The first-order valence-corrected chi connectivity index (χ1v) is 6.99. The molecule has 3 atom stereocenters. The van der Waals surface area contributed by atoms with Crippen molar-refractivity contribution >= 4 is 11.6 Å². The molecule has 22 heavy (non-hydrogen) atoms. The zero-order valence-electron chi connectivity index (χ0n) is 12.0. The van der Waals surface area contributed by atoms with Gasteiger partial charge in [0.15, 0.2) is 0 Å². The number of nitrogens with one attached hydrogen (secondary N) is 1. The average molecular weight is 322 g/mol. The average Bonchev–Trinajstić information content (AvgIpc) is 2.64. The molecule has 3 N–H and O–H groups in total. The van der Waals surface area contributed by atoms with Gasteiger partial charge in [0.25, 0.3) is 0 Å². The molecule has 124 valence electrons. The molecule has 5 nitrogen and oxygen atoms in total. The fraction of sp³-hybridized carbons (Fsp3) is 0.692. The van der Waals surface area contributed by atoms with Crippen LogP contribution >= 0.6 is 0 Å². The second-order valence-electron chi connectivity index (χ2n) is 5.55. The van der Waals surface area contributed by atoms with Crippen molar-refractivity contribution in [3.05, 3.63) is 11.9 Å². The fourth-order valence-electron chi connectivity index (χ4n) is 2.92. The molecule has 0 radical (unpaired) electrons. The van der Waals surface area contributed by atoms with Gasteiger partial charge >= 0.3 is 12.1 Å². The Labute approximate surface area is 124 Å². The summed E-state index contributed by atoms with van der Waals surface area (Å²) in [5.41, 5.74) is 7.08. The van der Waals surface area contributed by atoms with Crippen LogP contribution in [-0.2, 0) is 11.8 Å². The van der Waals surface area contributed by atoms with E-state index in [-0.39, 0.29) is 18.8 Å². The number of hydrogen-bond acceptors (Lipinski definition) is 3. The zero-order chi connectivity index (χ0) is 16.5. The topological polar surface area (TPSA) is 72.9 Å². The molecule has 1 aromatic rings. The van der Waals surface area contributed by atoms with Crippen LogP contribution in [0.15, 0.2) is 6.20 Å². The van der Waals surface area contributed by atoms with Crippen molar-refractivity contribution in [3.8, 4) is 0 Å². The first-order chi connectivity index (χ1) is 10.2. The Morgan fingerprint density at radius 2 is 2.00 bits per heavy atom. The number of nitrogens with two attached hydrogens (primary N) is 1. The van der Waals surface area contributed by atoms with E-state index in [0.29, 0.717) is 18.5 Å². The van der Waals surface area contributed by atoms with Gasteiger partial charge in [-0.3, -0.25) is 9.48 Å². The number of carbonyl (C=O) groups is 1. The number of anilines is 1. The van der Waals surface area contributed by atoms with Crippen molar-refractivity contribution in [2.45, 2.75) is 50.0 Å². The molecular weight excluding hydrogens is 304 g/mol. The Kier molecular flexibility index (Phi) is 4.62. The summed E-state index contributed by atoms with van der Waals surface area (Å²) in [5, 5.41) is 5.77. The van der Waals surface area contributed by atoms with Crippen LogP contribution in [0.1, 0.15) is 37.3 Å². The number of amides is 1. The number of aryl methyl sites for hydroxylation is 1. The van der Waals surface area contributed by atoms with E-state index in [1.165, 1.54) is 6.20 Å². The van der Waals surface area contributed by atoms with Crippen LogP contribution < -0.4 is 11.1 Å². The Hall–Kier alpha value is -1.80. The lowest BCUT2D eigenvalue weighted by Crippen LogP contribution is -2.46. The second kappa shape index (κ2) is 6.13. The number of rotatable bonds is 2. The van der Waals surface area contributed by atoms with Crippen LogP contribution in [-0.4, -0.2) is 34.1 Å². The molecule has 1 aliphatic carbocycles. The van der Waals surface area contributed by atoms with Crippen LogP contribution in [0.5, 0.6) is 0 Å². The molecule has 0 aliphatic heterocycles. The predicted octanol–water partition coefficient (Wildman–Crippen LogP) is 2.05. The van der Waals surface area contributed by atoms with E-state index in [2.05, 4.69) is 5.10 Å². The van der Waals surface area contributed by atoms with Gasteiger partial charge in [-0.1, -0.05) is 0 Å². The third-order valence-electron chi connectivity index (χ3n) is 4.03. The molecular formula is C13H18F4N4O. The highest BCUT2D eigenvalue weighted by Crippen LogP contribution is 2.35. The molecule has 0 spiro atoms. The molecule has 1 amide bonds. The number of nitrogen functional groups attached to an aromatic ring is 1. The molecule has 1 saturated carbocycles. The Balaban J connectivity index is 2.06. The van der Waals surface area contributed by atoms with Crippen molar-refractivity contribution in [1.29, 1.82) is 0 Å². The van der Waals surface area contributed by atoms with Crippen LogP contribution in [0.4, 0.5) is 23.2 Å². The van der Waals surface area contributed by atoms with E-state index >= 15 is 0 Å². The third kappa shape index (κ3) is 3.50. The molecule has 9 heteroatoms. The van der Waals surface area contributed by atoms with Crippen LogP contribution in [0.3, 0.4) is 0 Å². The van der Waals surface area contributed by atoms with Crippen LogP contribution in [0.25, 0.3) is 0 Å². The Morgan fingerprint density at radius 1 is 1.36 bits per heavy atom. The van der Waals surface area contributed by atoms with Crippen molar-refractivity contribution in [3.63, 3.8) is 0 Å². The number of alkyl halides is 4. The van der Waals surface area contributed by atoms with E-state index in [0.717, 1.165) is 5.69 Å². The summed E-state index contributed by atoms with van der Waals surface area (Å²) in [5.74, 6) is -2.18. The minimum Gasteiger partial charge on any atom is -0.396 e. The molecule has 0 saturated heterocycles. The quantitative estimate of drug-likeness (QED) is 0.646. The smallest absolute Gasteiger partial charge is 0.396 e. The summed E-state index contributed by atoms with van der Waals surface area (Å²) in [6.07, 6.45) is -3.94. The molecule has 1 aromatic heterocycles. The lowest BCUT2D eigenvalue weighted by atomic mass is 9.95. The van der Waals surface area contributed by atoms with E-state index in [9.17, 15) is 22.4 Å². The van der Waals surface area contributed by atoms with Gasteiger partial charge in [-0.25, -0.2) is 4.39 Å². The van der Waals surface area contributed by atoms with Crippen molar-refractivity contribution in [2.75, 3.05) is 5.73 Å². The predicted molar refractivity (Wildman–Crippen MR) is 71.7 cm³/mol. The standard InChI is InChI=1S/C13H18F4N4O/c1-21-11(9(18)6-19-21)7-2-4-8(14)10(5-3-7)20-12(22)13(15,16)17/h6-8,10H,2-5,18H2,1H3,(H,20,22)/t7-,8+,10+/m0/s1. The SMILES string of the molecule is Cn1ncc(N)c1[C@H]1CC[C@@H](F)[C@H](NC(=O)C(F)(F)F)CC1. The maximum absolute atomic E-state index is 14.0. The monoisotopic (exact) mass is 322 g/mol. The Morgan fingerprint density at radius 3 is 2.55 bits per heavy atom. The fourth-order valence-corrected chi connectivity index (χ4v) is 2.92. The van der Waals surface area contributed by atoms with Crippen LogP contribution in [0, 0.1) is 0 Å². The maximum atomic E-state index is 14.0. The number of nitrogens with zero attached hydrogens (tertiary/aromatic N) is 2. The van der Waals surface area contributed by atoms with Gasteiger partial charge in [0.2, 0.25) is 0 Å². The first kappa shape index (κ1) is 16.6. The van der Waals surface area contributed by atoms with Gasteiger partial charge in [-0.15, -0.1) is 0 Å². The summed E-state index contributed by atoms with van der Waals surface area (Å²) >= 11 is 0. The van der Waals surface area contributed by atoms with Crippen molar-refractivity contribution in [1.82, 2.24) is 15.1 Å². The number of carbonyl (C=O) groups excluding carboxylic acids is 1. The van der Waals surface area contributed by atoms with E-state index in [4.69, 9.17) is 5.73 Å². The lowest BCUT2D eigenvalue weighted by Gasteiger charge is -2.20. The molecule has 1 heterocycles. The molecule has 0 unspecified atom stereocenters. The van der Waals surface area contributed by atoms with Gasteiger partial charge in [-0.2, -0.15) is 18.3 Å². The normalized spacial score (nSPS) is 26.5. The van der Waals surface area contributed by atoms with Gasteiger partial charge in [0.05, 0.1) is 23.6 Å². The zero-order valence-corrected chi connectivity index (χ0v) is 12.0. The molecule has 0 bridgehead atoms. The van der Waals surface area contributed by atoms with Gasteiger partial charge in [-0.05, 0) is 25.7 Å². The summed E-state index contributed by atoms with van der Waals surface area (Å²) in [6, 6.07) is -1.13. The van der Waals surface area contributed by atoms with E-state index in [1.807, 2.05) is 0 Å². The maximum Gasteiger partial charge on any atom is 0.471 e. The van der Waals surface area contributed by atoms with Crippen molar-refractivity contribution < 1.29 is 22.4 Å². The summed E-state index contributed by atoms with van der Waals surface area (Å²) in [6.45, 7) is 0. The molecule has 0 aromatic carbocycles. The highest BCUT2D eigenvalue weighted by Gasteiger charge is 2.41. The third-order valence-corrected chi connectivity index (χ3v) is 4.03. The van der Waals surface area contributed by atoms with E-state index < -0.39 is 24.3 Å². The Bertz CT molecular complexity index is 523. The molecule has 2 rings (SSSR count).